The van der Waals surface area contributed by atoms with Crippen LogP contribution in [0.15, 0.2) is 24.3 Å². The number of hydrogen-bond acceptors (Lipinski definition) is 3. The summed E-state index contributed by atoms with van der Waals surface area (Å²) in [5.74, 6) is -0.430. The Morgan fingerprint density at radius 3 is 2.17 bits per heavy atom. The van der Waals surface area contributed by atoms with E-state index in [0.717, 1.165) is 0 Å². The van der Waals surface area contributed by atoms with E-state index in [-0.39, 0.29) is 11.7 Å². The summed E-state index contributed by atoms with van der Waals surface area (Å²) in [6, 6.07) is 4.98. The van der Waals surface area contributed by atoms with Crippen molar-refractivity contribution in [1.82, 2.24) is 5.32 Å². The largest absolute Gasteiger partial charge is 0.352 e. The minimum atomic E-state index is -0.760. The van der Waals surface area contributed by atoms with Crippen LogP contribution in [0.3, 0.4) is 0 Å². The number of nitrogens with two attached hydrogens (primary N) is 1. The van der Waals surface area contributed by atoms with Gasteiger partial charge in [0, 0.05) is 11.3 Å². The molecule has 6 nitrogen and oxygen atoms in total. The number of rotatable bonds is 4. The topological polar surface area (TPSA) is 101 Å². The first kappa shape index (κ1) is 13.7. The molecule has 0 aliphatic heterocycles. The molecule has 3 amide bonds. The number of benzene rings is 1. The lowest BCUT2D eigenvalue weighted by Gasteiger charge is -2.12. The van der Waals surface area contributed by atoms with Crippen molar-refractivity contribution in [3.05, 3.63) is 29.8 Å². The highest BCUT2D eigenvalue weighted by Gasteiger charge is 2.13. The fourth-order valence-corrected chi connectivity index (χ4v) is 1.32. The molecule has 0 saturated heterocycles. The quantitative estimate of drug-likeness (QED) is 0.690. The minimum absolute atomic E-state index is 0.0448. The van der Waals surface area contributed by atoms with E-state index >= 15 is 0 Å². The van der Waals surface area contributed by atoms with Crippen LogP contribution in [0.5, 0.6) is 0 Å². The number of amides is 3. The Labute approximate surface area is 105 Å². The lowest BCUT2D eigenvalue weighted by atomic mass is 10.1. The molecular weight excluding hydrogens is 234 g/mol. The van der Waals surface area contributed by atoms with Gasteiger partial charge in [0.1, 0.15) is 6.04 Å². The standard InChI is InChI=1S/C12H15N3O3/c1-7(14-12(13)18)11(17)15-10-5-3-9(4-6-10)8(2)16/h3-7H,1-2H3,(H,15,17)(H3,13,14,18)/t7-/m1/s1. The van der Waals surface area contributed by atoms with E-state index in [0.29, 0.717) is 11.3 Å². The van der Waals surface area contributed by atoms with Crippen molar-refractivity contribution >= 4 is 23.4 Å². The molecule has 0 spiro atoms. The molecule has 1 aromatic rings. The van der Waals surface area contributed by atoms with Crippen molar-refractivity contribution in [2.45, 2.75) is 19.9 Å². The number of urea groups is 1. The summed E-state index contributed by atoms with van der Waals surface area (Å²) in [7, 11) is 0. The highest BCUT2D eigenvalue weighted by Crippen LogP contribution is 2.10. The van der Waals surface area contributed by atoms with Crippen LogP contribution < -0.4 is 16.4 Å². The van der Waals surface area contributed by atoms with Gasteiger partial charge in [0.05, 0.1) is 0 Å². The van der Waals surface area contributed by atoms with Gasteiger partial charge in [-0.2, -0.15) is 0 Å². The first-order valence-corrected chi connectivity index (χ1v) is 5.38. The van der Waals surface area contributed by atoms with E-state index in [2.05, 4.69) is 10.6 Å². The molecule has 0 fully saturated rings. The number of ketones is 1. The van der Waals surface area contributed by atoms with Gasteiger partial charge in [-0.25, -0.2) is 4.79 Å². The molecule has 1 aromatic carbocycles. The molecule has 1 atom stereocenters. The Morgan fingerprint density at radius 1 is 1.17 bits per heavy atom. The molecule has 0 heterocycles. The average molecular weight is 249 g/mol. The number of primary amides is 1. The van der Waals surface area contributed by atoms with Gasteiger partial charge in [-0.3, -0.25) is 9.59 Å². The Morgan fingerprint density at radius 2 is 1.72 bits per heavy atom. The van der Waals surface area contributed by atoms with Gasteiger partial charge in [-0.1, -0.05) is 0 Å². The number of anilines is 1. The third-order valence-electron chi connectivity index (χ3n) is 2.31. The Hall–Kier alpha value is -2.37. The van der Waals surface area contributed by atoms with Crippen molar-refractivity contribution < 1.29 is 14.4 Å². The number of carbonyl (C=O) groups is 3. The van der Waals surface area contributed by atoms with Gasteiger partial charge >= 0.3 is 6.03 Å². The van der Waals surface area contributed by atoms with E-state index in [1.54, 1.807) is 24.3 Å². The zero-order chi connectivity index (χ0) is 13.7. The molecule has 96 valence electrons. The predicted molar refractivity (Wildman–Crippen MR) is 67.3 cm³/mol. The summed E-state index contributed by atoms with van der Waals surface area (Å²) in [5.41, 5.74) is 6.02. The lowest BCUT2D eigenvalue weighted by Crippen LogP contribution is -2.44. The van der Waals surface area contributed by atoms with Crippen molar-refractivity contribution in [1.29, 1.82) is 0 Å². The highest BCUT2D eigenvalue weighted by molar-refractivity contribution is 5.98. The summed E-state index contributed by atoms with van der Waals surface area (Å²) in [6.07, 6.45) is 0. The summed E-state index contributed by atoms with van der Waals surface area (Å²) in [4.78, 5) is 33.3. The van der Waals surface area contributed by atoms with Gasteiger partial charge in [-0.15, -0.1) is 0 Å². The van der Waals surface area contributed by atoms with Gasteiger partial charge in [-0.05, 0) is 38.1 Å². The van der Waals surface area contributed by atoms with Crippen molar-refractivity contribution in [2.75, 3.05) is 5.32 Å². The Balaban J connectivity index is 2.64. The number of carbonyl (C=O) groups excluding carboxylic acids is 3. The van der Waals surface area contributed by atoms with Crippen LogP contribution in [0.1, 0.15) is 24.2 Å². The third kappa shape index (κ3) is 3.89. The van der Waals surface area contributed by atoms with Crippen LogP contribution in [0, 0.1) is 0 Å². The number of Topliss-reactive ketones (excluding diaryl/α,β-unsaturated/α-hetero) is 1. The van der Waals surface area contributed by atoms with Crippen LogP contribution in [0.4, 0.5) is 10.5 Å². The third-order valence-corrected chi connectivity index (χ3v) is 2.31. The van der Waals surface area contributed by atoms with Crippen LogP contribution in [-0.2, 0) is 4.79 Å². The summed E-state index contributed by atoms with van der Waals surface area (Å²) in [6.45, 7) is 2.98. The maximum absolute atomic E-state index is 11.6. The first-order valence-electron chi connectivity index (χ1n) is 5.38. The van der Waals surface area contributed by atoms with Gasteiger partial charge < -0.3 is 16.4 Å². The zero-order valence-electron chi connectivity index (χ0n) is 10.2. The molecule has 4 N–H and O–H groups in total. The zero-order valence-corrected chi connectivity index (χ0v) is 10.2. The van der Waals surface area contributed by atoms with Gasteiger partial charge in [0.15, 0.2) is 5.78 Å². The molecule has 0 unspecified atom stereocenters. The Kier molecular flexibility index (Phi) is 4.42. The molecule has 0 saturated carbocycles. The van der Waals surface area contributed by atoms with E-state index in [1.165, 1.54) is 13.8 Å². The van der Waals surface area contributed by atoms with Crippen molar-refractivity contribution in [3.8, 4) is 0 Å². The minimum Gasteiger partial charge on any atom is -0.352 e. The molecule has 6 heteroatoms. The smallest absolute Gasteiger partial charge is 0.312 e. The first-order chi connectivity index (χ1) is 8.40. The summed E-state index contributed by atoms with van der Waals surface area (Å²) < 4.78 is 0. The van der Waals surface area contributed by atoms with E-state index in [4.69, 9.17) is 5.73 Å². The molecule has 18 heavy (non-hydrogen) atoms. The fraction of sp³-hybridized carbons (Fsp3) is 0.250. The molecule has 1 rings (SSSR count). The summed E-state index contributed by atoms with van der Waals surface area (Å²) in [5, 5.41) is 4.86. The van der Waals surface area contributed by atoms with E-state index in [1.807, 2.05) is 0 Å². The van der Waals surface area contributed by atoms with Gasteiger partial charge in [0.25, 0.3) is 0 Å². The molecular formula is C12H15N3O3. The maximum Gasteiger partial charge on any atom is 0.312 e. The highest BCUT2D eigenvalue weighted by atomic mass is 16.2. The SMILES string of the molecule is CC(=O)c1ccc(NC(=O)[C@@H](C)NC(N)=O)cc1. The van der Waals surface area contributed by atoms with Crippen LogP contribution in [0.25, 0.3) is 0 Å². The molecule has 0 aliphatic rings. The second kappa shape index (κ2) is 5.81. The molecule has 0 aromatic heterocycles. The monoisotopic (exact) mass is 249 g/mol. The number of nitrogens with one attached hydrogen (secondary N) is 2. The van der Waals surface area contributed by atoms with Gasteiger partial charge in [0.2, 0.25) is 5.91 Å². The second-order valence-corrected chi connectivity index (χ2v) is 3.85. The number of hydrogen-bond donors (Lipinski definition) is 3. The van der Waals surface area contributed by atoms with Crippen molar-refractivity contribution in [2.24, 2.45) is 5.73 Å². The van der Waals surface area contributed by atoms with Crippen LogP contribution in [0.2, 0.25) is 0 Å². The van der Waals surface area contributed by atoms with Crippen molar-refractivity contribution in [3.63, 3.8) is 0 Å². The van der Waals surface area contributed by atoms with E-state index < -0.39 is 12.1 Å². The summed E-state index contributed by atoms with van der Waals surface area (Å²) >= 11 is 0. The molecule has 0 aliphatic carbocycles. The van der Waals surface area contributed by atoms with Crippen LogP contribution in [-0.4, -0.2) is 23.8 Å². The average Bonchev–Trinajstić information content (AvgIpc) is 2.28. The predicted octanol–water partition coefficient (Wildman–Crippen LogP) is 0.885. The van der Waals surface area contributed by atoms with Crippen LogP contribution >= 0.6 is 0 Å². The maximum atomic E-state index is 11.6. The lowest BCUT2D eigenvalue weighted by molar-refractivity contribution is -0.117. The molecule has 0 radical (unpaired) electrons. The molecule has 0 bridgehead atoms. The second-order valence-electron chi connectivity index (χ2n) is 3.85. The Bertz CT molecular complexity index is 468. The van der Waals surface area contributed by atoms with E-state index in [9.17, 15) is 14.4 Å². The normalized spacial score (nSPS) is 11.4. The fourth-order valence-electron chi connectivity index (χ4n) is 1.32.